The van der Waals surface area contributed by atoms with E-state index in [1.807, 2.05) is 13.0 Å². The van der Waals surface area contributed by atoms with Gasteiger partial charge in [0.15, 0.2) is 5.52 Å². The van der Waals surface area contributed by atoms with Gasteiger partial charge in [-0.05, 0) is 25.5 Å². The quantitative estimate of drug-likeness (QED) is 0.640. The van der Waals surface area contributed by atoms with Crippen LogP contribution in [0.2, 0.25) is 0 Å². The highest BCUT2D eigenvalue weighted by atomic mass is 32.1. The third-order valence-electron chi connectivity index (χ3n) is 2.57. The monoisotopic (exact) mass is 266 g/mol. The van der Waals surface area contributed by atoms with Gasteiger partial charge in [-0.15, -0.1) is 11.3 Å². The maximum absolute atomic E-state index is 11.1. The number of rotatable bonds is 5. The van der Waals surface area contributed by atoms with Crippen LogP contribution in [0.5, 0.6) is 0 Å². The van der Waals surface area contributed by atoms with Crippen molar-refractivity contribution in [2.24, 2.45) is 5.73 Å². The second-order valence-electron chi connectivity index (χ2n) is 4.11. The first-order valence-corrected chi connectivity index (χ1v) is 6.47. The summed E-state index contributed by atoms with van der Waals surface area (Å²) < 4.78 is 0.819. The second kappa shape index (κ2) is 5.28. The minimum atomic E-state index is -0.393. The summed E-state index contributed by atoms with van der Waals surface area (Å²) in [5.41, 5.74) is 8.24. The van der Waals surface area contributed by atoms with Gasteiger partial charge in [0.2, 0.25) is 0 Å². The van der Waals surface area contributed by atoms with Crippen LogP contribution in [0, 0.1) is 10.1 Å². The predicted octanol–water partition coefficient (Wildman–Crippen LogP) is 2.35. The van der Waals surface area contributed by atoms with E-state index in [0.717, 1.165) is 11.1 Å². The summed E-state index contributed by atoms with van der Waals surface area (Å²) in [5, 5.41) is 14.2. The molecular formula is C11H14N4O2S. The lowest BCUT2D eigenvalue weighted by molar-refractivity contribution is -0.382. The van der Waals surface area contributed by atoms with Crippen LogP contribution in [0.1, 0.15) is 13.3 Å². The van der Waals surface area contributed by atoms with Gasteiger partial charge in [0.05, 0.1) is 15.1 Å². The van der Waals surface area contributed by atoms with E-state index in [1.165, 1.54) is 11.3 Å². The van der Waals surface area contributed by atoms with Crippen molar-refractivity contribution in [2.45, 2.75) is 19.4 Å². The Morgan fingerprint density at radius 2 is 2.39 bits per heavy atom. The lowest BCUT2D eigenvalue weighted by Gasteiger charge is -2.08. The van der Waals surface area contributed by atoms with Gasteiger partial charge in [-0.3, -0.25) is 10.1 Å². The smallest absolute Gasteiger partial charge is 0.319 e. The molecule has 1 heterocycles. The van der Waals surface area contributed by atoms with Gasteiger partial charge in [-0.2, -0.15) is 0 Å². The van der Waals surface area contributed by atoms with E-state index >= 15 is 0 Å². The number of fused-ring (bicyclic) bond motifs is 1. The first-order valence-electron chi connectivity index (χ1n) is 5.59. The first kappa shape index (κ1) is 12.7. The molecule has 1 atom stereocenters. The third-order valence-corrected chi connectivity index (χ3v) is 3.37. The number of hydrogen-bond acceptors (Lipinski definition) is 6. The van der Waals surface area contributed by atoms with Crippen LogP contribution in [-0.4, -0.2) is 22.5 Å². The molecule has 0 amide bonds. The van der Waals surface area contributed by atoms with Crippen LogP contribution in [0.4, 0.5) is 11.4 Å². The molecular weight excluding hydrogens is 252 g/mol. The Balaban J connectivity index is 2.31. The number of anilines is 1. The highest BCUT2D eigenvalue weighted by molar-refractivity contribution is 7.16. The van der Waals surface area contributed by atoms with Crippen LogP contribution in [0.25, 0.3) is 10.2 Å². The maximum atomic E-state index is 11.1. The number of nitro groups is 1. The first-order chi connectivity index (χ1) is 8.59. The highest BCUT2D eigenvalue weighted by Gasteiger charge is 2.20. The molecule has 1 aromatic heterocycles. The van der Waals surface area contributed by atoms with Crippen LogP contribution in [0.3, 0.4) is 0 Å². The van der Waals surface area contributed by atoms with E-state index in [2.05, 4.69) is 10.3 Å². The van der Waals surface area contributed by atoms with Gasteiger partial charge in [0.1, 0.15) is 5.69 Å². The maximum Gasteiger partial charge on any atom is 0.319 e. The fourth-order valence-electron chi connectivity index (χ4n) is 1.68. The van der Waals surface area contributed by atoms with Crippen molar-refractivity contribution in [3.05, 3.63) is 27.8 Å². The number of hydrogen-bond donors (Lipinski definition) is 2. The molecule has 0 aliphatic carbocycles. The molecule has 0 fully saturated rings. The fourth-order valence-corrected chi connectivity index (χ4v) is 2.36. The number of nitro benzene ring substituents is 1. The second-order valence-corrected chi connectivity index (χ2v) is 5.00. The van der Waals surface area contributed by atoms with E-state index in [-0.39, 0.29) is 11.7 Å². The van der Waals surface area contributed by atoms with Crippen LogP contribution < -0.4 is 11.1 Å². The van der Waals surface area contributed by atoms with E-state index < -0.39 is 4.92 Å². The Labute approximate surface area is 108 Å². The van der Waals surface area contributed by atoms with E-state index in [0.29, 0.717) is 17.7 Å². The fraction of sp³-hybridized carbons (Fsp3) is 0.364. The lowest BCUT2D eigenvalue weighted by atomic mass is 10.2. The van der Waals surface area contributed by atoms with E-state index in [9.17, 15) is 10.1 Å². The van der Waals surface area contributed by atoms with Crippen molar-refractivity contribution >= 4 is 32.9 Å². The van der Waals surface area contributed by atoms with Gasteiger partial charge in [0.25, 0.3) is 0 Å². The molecule has 0 aliphatic heterocycles. The zero-order chi connectivity index (χ0) is 13.1. The Hall–Kier alpha value is -1.73. The lowest BCUT2D eigenvalue weighted by Crippen LogP contribution is -2.19. The molecule has 96 valence electrons. The zero-order valence-corrected chi connectivity index (χ0v) is 10.7. The number of thiazole rings is 1. The molecule has 1 aromatic carbocycles. The molecule has 0 spiro atoms. The summed E-state index contributed by atoms with van der Waals surface area (Å²) in [6.45, 7) is 2.51. The molecule has 0 saturated heterocycles. The van der Waals surface area contributed by atoms with Gasteiger partial charge in [-0.1, -0.05) is 0 Å². The molecule has 6 nitrogen and oxygen atoms in total. The summed E-state index contributed by atoms with van der Waals surface area (Å²) in [5.74, 6) is 0. The SMILES string of the molecule is CC(N)CCNc1ccc2scnc2c1[N+](=O)[O-]. The Morgan fingerprint density at radius 3 is 3.06 bits per heavy atom. The Kier molecular flexibility index (Phi) is 3.73. The molecule has 3 N–H and O–H groups in total. The summed E-state index contributed by atoms with van der Waals surface area (Å²) in [4.78, 5) is 14.8. The summed E-state index contributed by atoms with van der Waals surface area (Å²) in [6.07, 6.45) is 0.756. The van der Waals surface area contributed by atoms with Crippen molar-refractivity contribution < 1.29 is 4.92 Å². The minimum absolute atomic E-state index is 0.0402. The molecule has 0 radical (unpaired) electrons. The topological polar surface area (TPSA) is 94.1 Å². The Morgan fingerprint density at radius 1 is 1.61 bits per heavy atom. The van der Waals surface area contributed by atoms with Crippen molar-refractivity contribution in [2.75, 3.05) is 11.9 Å². The van der Waals surface area contributed by atoms with Crippen molar-refractivity contribution in [1.82, 2.24) is 4.98 Å². The zero-order valence-electron chi connectivity index (χ0n) is 9.92. The molecule has 18 heavy (non-hydrogen) atoms. The molecule has 0 aliphatic rings. The number of benzene rings is 1. The molecule has 2 aromatic rings. The number of aromatic nitrogens is 1. The molecule has 2 rings (SSSR count). The van der Waals surface area contributed by atoms with Crippen molar-refractivity contribution in [3.8, 4) is 0 Å². The number of nitrogens with one attached hydrogen (secondary N) is 1. The normalized spacial score (nSPS) is 12.6. The number of nitrogens with zero attached hydrogens (tertiary/aromatic N) is 2. The molecule has 0 bridgehead atoms. The average molecular weight is 266 g/mol. The molecule has 0 saturated carbocycles. The largest absolute Gasteiger partial charge is 0.379 e. The van der Waals surface area contributed by atoms with Crippen LogP contribution in [0.15, 0.2) is 17.6 Å². The van der Waals surface area contributed by atoms with Gasteiger partial charge in [-0.25, -0.2) is 4.98 Å². The molecule has 7 heteroatoms. The van der Waals surface area contributed by atoms with Crippen molar-refractivity contribution in [1.29, 1.82) is 0 Å². The van der Waals surface area contributed by atoms with Gasteiger partial charge >= 0.3 is 5.69 Å². The highest BCUT2D eigenvalue weighted by Crippen LogP contribution is 2.34. The summed E-state index contributed by atoms with van der Waals surface area (Å²) in [7, 11) is 0. The Bertz CT molecular complexity index is 567. The van der Waals surface area contributed by atoms with Gasteiger partial charge in [0, 0.05) is 12.6 Å². The van der Waals surface area contributed by atoms with Crippen LogP contribution in [-0.2, 0) is 0 Å². The van der Waals surface area contributed by atoms with Crippen LogP contribution >= 0.6 is 11.3 Å². The summed E-state index contributed by atoms with van der Waals surface area (Å²) >= 11 is 1.39. The predicted molar refractivity (Wildman–Crippen MR) is 73.0 cm³/mol. The van der Waals surface area contributed by atoms with E-state index in [1.54, 1.807) is 11.6 Å². The van der Waals surface area contributed by atoms with Crippen molar-refractivity contribution in [3.63, 3.8) is 0 Å². The summed E-state index contributed by atoms with van der Waals surface area (Å²) in [6, 6.07) is 3.63. The standard InChI is InChI=1S/C11H14N4O2S/c1-7(12)4-5-13-8-2-3-9-10(14-6-18-9)11(8)15(16)17/h2-3,6-7,13H,4-5,12H2,1H3. The average Bonchev–Trinajstić information content (AvgIpc) is 2.75. The van der Waals surface area contributed by atoms with E-state index in [4.69, 9.17) is 5.73 Å². The third kappa shape index (κ3) is 2.57. The number of nitrogens with two attached hydrogens (primary N) is 1. The molecule has 1 unspecified atom stereocenters. The van der Waals surface area contributed by atoms with Gasteiger partial charge < -0.3 is 11.1 Å². The minimum Gasteiger partial charge on any atom is -0.379 e.